The normalized spacial score (nSPS) is 15.9. The number of hydrogen-bond donors (Lipinski definition) is 1. The fraction of sp³-hybridized carbons (Fsp3) is 0.432. The Morgan fingerprint density at radius 3 is 2.04 bits per heavy atom. The first kappa shape index (κ1) is 37.6. The van der Waals surface area contributed by atoms with Crippen LogP contribution in [0.5, 0.6) is 0 Å². The number of Topliss-reactive ketones (excluding diaryl/α,β-unsaturated/α-hetero) is 1. The Morgan fingerprint density at radius 2 is 1.51 bits per heavy atom. The number of benzene rings is 2. The number of rotatable bonds is 10. The lowest BCUT2D eigenvalue weighted by Crippen LogP contribution is -2.35. The number of pyridine rings is 1. The summed E-state index contributed by atoms with van der Waals surface area (Å²) in [6.07, 6.45) is -4.65. The molecule has 264 valence electrons. The number of alkyl halides is 6. The maximum Gasteiger partial charge on any atom is 0.416 e. The summed E-state index contributed by atoms with van der Waals surface area (Å²) in [5, 5.41) is 2.98. The molecule has 0 bridgehead atoms. The van der Waals surface area contributed by atoms with Crippen molar-refractivity contribution in [3.8, 4) is 11.1 Å². The van der Waals surface area contributed by atoms with Crippen LogP contribution in [0.2, 0.25) is 0 Å². The van der Waals surface area contributed by atoms with E-state index in [1.54, 1.807) is 26.0 Å². The number of aryl methyl sites for hydroxylation is 1. The van der Waals surface area contributed by atoms with Gasteiger partial charge in [0.05, 0.1) is 52.7 Å². The molecular weight excluding hydrogens is 653 g/mol. The smallest absolute Gasteiger partial charge is 0.416 e. The summed E-state index contributed by atoms with van der Waals surface area (Å²) in [6, 6.07) is 7.16. The number of ether oxygens (including phenoxy) is 1. The first-order valence-electron chi connectivity index (χ1n) is 15.9. The van der Waals surface area contributed by atoms with Gasteiger partial charge in [-0.3, -0.25) is 14.6 Å². The Morgan fingerprint density at radius 1 is 0.898 bits per heavy atom. The Hall–Kier alpha value is -4.22. The van der Waals surface area contributed by atoms with Crippen LogP contribution in [0.1, 0.15) is 81.8 Å². The highest BCUT2D eigenvalue weighted by Gasteiger charge is 2.41. The average molecular weight is 693 g/mol. The molecule has 49 heavy (non-hydrogen) atoms. The first-order valence-corrected chi connectivity index (χ1v) is 15.9. The molecule has 1 aliphatic rings. The van der Waals surface area contributed by atoms with Gasteiger partial charge in [-0.05, 0) is 125 Å². The molecule has 0 saturated carbocycles. The van der Waals surface area contributed by atoms with Crippen molar-refractivity contribution < 1.29 is 45.1 Å². The van der Waals surface area contributed by atoms with E-state index in [4.69, 9.17) is 4.74 Å². The molecule has 1 atom stereocenters. The van der Waals surface area contributed by atoms with E-state index in [9.17, 15) is 40.3 Å². The minimum absolute atomic E-state index is 0.0238. The Balaban J connectivity index is 1.66. The highest BCUT2D eigenvalue weighted by atomic mass is 19.4. The standard InChI is InChI=1S/C37H39F7N2O3/c1-7-49-33(48)35(5,6)23-10-8-22(9-11-23)30-18-29(28-13-12-27(38)14-21(28)2)31(19-45-30)46-20-32(47)34(3,4)24-15-25(36(39,40)41)17-26(16-24)37(42,43)44/h8,12-19,23,46H,7,9-11,20H2,1-6H3. The summed E-state index contributed by atoms with van der Waals surface area (Å²) in [5.74, 6) is -1.33. The molecule has 0 aliphatic heterocycles. The lowest BCUT2D eigenvalue weighted by atomic mass is 9.71. The number of nitrogens with one attached hydrogen (secondary N) is 1. The molecule has 0 radical (unpaired) electrons. The van der Waals surface area contributed by atoms with Crippen molar-refractivity contribution >= 4 is 23.0 Å². The lowest BCUT2D eigenvalue weighted by molar-refractivity contribution is -0.157. The van der Waals surface area contributed by atoms with Crippen LogP contribution in [0.25, 0.3) is 16.7 Å². The molecule has 1 N–H and O–H groups in total. The Labute approximate surface area is 281 Å². The summed E-state index contributed by atoms with van der Waals surface area (Å²) in [7, 11) is 0. The minimum atomic E-state index is -5.06. The summed E-state index contributed by atoms with van der Waals surface area (Å²) in [5.41, 5.74) is -2.15. The number of esters is 1. The van der Waals surface area contributed by atoms with Crippen molar-refractivity contribution in [1.82, 2.24) is 4.98 Å². The van der Waals surface area contributed by atoms with E-state index in [1.807, 2.05) is 19.9 Å². The van der Waals surface area contributed by atoms with Crippen molar-refractivity contribution in [2.75, 3.05) is 18.5 Å². The number of anilines is 1. The number of aromatic nitrogens is 1. The zero-order chi connectivity index (χ0) is 36.5. The average Bonchev–Trinajstić information content (AvgIpc) is 3.02. The maximum absolute atomic E-state index is 14.1. The van der Waals surface area contributed by atoms with Crippen LogP contribution < -0.4 is 5.32 Å². The molecule has 0 fully saturated rings. The second-order valence-corrected chi connectivity index (χ2v) is 13.4. The van der Waals surface area contributed by atoms with Crippen LogP contribution in [0.4, 0.5) is 36.4 Å². The van der Waals surface area contributed by atoms with E-state index in [1.165, 1.54) is 32.2 Å². The number of carbonyl (C=O) groups excluding carboxylic acids is 2. The predicted molar refractivity (Wildman–Crippen MR) is 173 cm³/mol. The quantitative estimate of drug-likeness (QED) is 0.169. The van der Waals surface area contributed by atoms with Gasteiger partial charge in [0.25, 0.3) is 0 Å². The van der Waals surface area contributed by atoms with E-state index >= 15 is 0 Å². The van der Waals surface area contributed by atoms with Crippen LogP contribution in [0.15, 0.2) is 54.7 Å². The molecule has 1 aromatic heterocycles. The van der Waals surface area contributed by atoms with Gasteiger partial charge >= 0.3 is 18.3 Å². The Bertz CT molecular complexity index is 1730. The number of carbonyl (C=O) groups is 2. The lowest BCUT2D eigenvalue weighted by Gasteiger charge is -2.34. The van der Waals surface area contributed by atoms with E-state index in [0.29, 0.717) is 66.1 Å². The highest BCUT2D eigenvalue weighted by Crippen LogP contribution is 2.43. The van der Waals surface area contributed by atoms with Crippen LogP contribution in [0, 0.1) is 24.1 Å². The van der Waals surface area contributed by atoms with Crippen LogP contribution >= 0.6 is 0 Å². The van der Waals surface area contributed by atoms with Crippen molar-refractivity contribution in [3.05, 3.63) is 88.5 Å². The van der Waals surface area contributed by atoms with Crippen molar-refractivity contribution in [3.63, 3.8) is 0 Å². The molecule has 5 nitrogen and oxygen atoms in total. The molecule has 3 aromatic rings. The molecule has 1 heterocycles. The molecule has 0 spiro atoms. The molecule has 12 heteroatoms. The third-order valence-corrected chi connectivity index (χ3v) is 9.39. The second-order valence-electron chi connectivity index (χ2n) is 13.4. The van der Waals surface area contributed by atoms with E-state index in [2.05, 4.69) is 10.3 Å². The van der Waals surface area contributed by atoms with Gasteiger partial charge in [-0.2, -0.15) is 26.3 Å². The van der Waals surface area contributed by atoms with Crippen molar-refractivity contribution in [2.45, 2.75) is 78.6 Å². The summed E-state index contributed by atoms with van der Waals surface area (Å²) < 4.78 is 101. The largest absolute Gasteiger partial charge is 0.466 e. The highest BCUT2D eigenvalue weighted by molar-refractivity contribution is 5.94. The molecule has 2 aromatic carbocycles. The summed E-state index contributed by atoms with van der Waals surface area (Å²) in [4.78, 5) is 30.7. The van der Waals surface area contributed by atoms with Gasteiger partial charge in [0.2, 0.25) is 0 Å². The molecular formula is C37H39F7N2O3. The molecule has 0 amide bonds. The van der Waals surface area contributed by atoms with Gasteiger partial charge in [0.1, 0.15) is 5.82 Å². The summed E-state index contributed by atoms with van der Waals surface area (Å²) >= 11 is 0. The number of allylic oxidation sites excluding steroid dienone is 2. The van der Waals surface area contributed by atoms with Gasteiger partial charge in [0, 0.05) is 5.56 Å². The van der Waals surface area contributed by atoms with Gasteiger partial charge in [-0.25, -0.2) is 4.39 Å². The third-order valence-electron chi connectivity index (χ3n) is 9.39. The van der Waals surface area contributed by atoms with Crippen LogP contribution in [-0.4, -0.2) is 29.9 Å². The van der Waals surface area contributed by atoms with E-state index in [0.717, 1.165) is 5.57 Å². The van der Waals surface area contributed by atoms with Crippen LogP contribution in [0.3, 0.4) is 0 Å². The fourth-order valence-electron chi connectivity index (χ4n) is 6.00. The van der Waals surface area contributed by atoms with Crippen molar-refractivity contribution in [2.24, 2.45) is 11.3 Å². The number of ketones is 1. The molecule has 1 aliphatic carbocycles. The second kappa shape index (κ2) is 14.0. The molecule has 0 saturated heterocycles. The third kappa shape index (κ3) is 8.33. The minimum Gasteiger partial charge on any atom is -0.466 e. The fourth-order valence-corrected chi connectivity index (χ4v) is 6.00. The Kier molecular flexibility index (Phi) is 10.7. The number of nitrogens with zero attached hydrogens (tertiary/aromatic N) is 1. The molecule has 4 rings (SSSR count). The van der Waals surface area contributed by atoms with Crippen molar-refractivity contribution in [1.29, 1.82) is 0 Å². The predicted octanol–water partition coefficient (Wildman–Crippen LogP) is 9.97. The molecule has 1 unspecified atom stereocenters. The number of halogens is 7. The maximum atomic E-state index is 14.1. The first-order chi connectivity index (χ1) is 22.7. The SMILES string of the molecule is CCOC(=O)C(C)(C)C1CC=C(c2cc(-c3ccc(F)cc3C)c(NCC(=O)C(C)(C)c3cc(C(F)(F)F)cc(C(F)(F)F)c3)cn2)CC1. The topological polar surface area (TPSA) is 68.3 Å². The summed E-state index contributed by atoms with van der Waals surface area (Å²) in [6.45, 7) is 9.59. The zero-order valence-electron chi connectivity index (χ0n) is 28.1. The van der Waals surface area contributed by atoms with E-state index < -0.39 is 58.0 Å². The van der Waals surface area contributed by atoms with Gasteiger partial charge < -0.3 is 10.1 Å². The zero-order valence-corrected chi connectivity index (χ0v) is 28.1. The van der Waals surface area contributed by atoms with Gasteiger partial charge in [-0.1, -0.05) is 12.1 Å². The number of hydrogen-bond acceptors (Lipinski definition) is 5. The van der Waals surface area contributed by atoms with Gasteiger partial charge in [-0.15, -0.1) is 0 Å². The van der Waals surface area contributed by atoms with E-state index in [-0.39, 0.29) is 18.0 Å². The van der Waals surface area contributed by atoms with Crippen LogP contribution in [-0.2, 0) is 32.1 Å². The van der Waals surface area contributed by atoms with Gasteiger partial charge in [0.15, 0.2) is 5.78 Å². The monoisotopic (exact) mass is 692 g/mol.